The Labute approximate surface area is 178 Å². The van der Waals surface area contributed by atoms with E-state index in [9.17, 15) is 9.59 Å². The number of ether oxygens (including phenoxy) is 3. The summed E-state index contributed by atoms with van der Waals surface area (Å²) in [4.78, 5) is 26.7. The summed E-state index contributed by atoms with van der Waals surface area (Å²) in [5.74, 6) is 0.901. The van der Waals surface area contributed by atoms with Gasteiger partial charge in [-0.1, -0.05) is 12.1 Å². The van der Waals surface area contributed by atoms with Crippen LogP contribution in [-0.2, 0) is 16.1 Å². The van der Waals surface area contributed by atoms with E-state index in [0.717, 1.165) is 15.7 Å². The molecule has 1 N–H and O–H groups in total. The standard InChI is InChI=1S/C21H23BrN2O5/c1-27-17-8-13(9-18(28-2)20(17)29-3)11-23-21(26)14-10-19(25)24(12-14)16-7-5-4-6-15(16)22/h4-9,14H,10-12H2,1-3H3,(H,23,26). The van der Waals surface area contributed by atoms with Gasteiger partial charge >= 0.3 is 0 Å². The second kappa shape index (κ2) is 9.17. The molecule has 0 aliphatic carbocycles. The largest absolute Gasteiger partial charge is 0.493 e. The molecule has 0 saturated carbocycles. The quantitative estimate of drug-likeness (QED) is 0.683. The summed E-state index contributed by atoms with van der Waals surface area (Å²) >= 11 is 3.46. The molecule has 1 unspecified atom stereocenters. The van der Waals surface area contributed by atoms with Crippen molar-refractivity contribution < 1.29 is 23.8 Å². The number of nitrogens with one attached hydrogen (secondary N) is 1. The smallest absolute Gasteiger partial charge is 0.227 e. The van der Waals surface area contributed by atoms with Crippen molar-refractivity contribution in [2.75, 3.05) is 32.8 Å². The van der Waals surface area contributed by atoms with Crippen LogP contribution in [0.3, 0.4) is 0 Å². The van der Waals surface area contributed by atoms with E-state index in [1.54, 1.807) is 31.3 Å². The fourth-order valence-corrected chi connectivity index (χ4v) is 3.86. The number of nitrogens with zero attached hydrogens (tertiary/aromatic N) is 1. The van der Waals surface area contributed by atoms with Gasteiger partial charge < -0.3 is 24.4 Å². The van der Waals surface area contributed by atoms with Crippen LogP contribution in [-0.4, -0.2) is 39.7 Å². The molecule has 1 aliphatic rings. The van der Waals surface area contributed by atoms with Gasteiger partial charge in [0.1, 0.15) is 0 Å². The van der Waals surface area contributed by atoms with Crippen LogP contribution in [0.2, 0.25) is 0 Å². The Morgan fingerprint density at radius 1 is 1.14 bits per heavy atom. The molecule has 2 aromatic carbocycles. The molecule has 29 heavy (non-hydrogen) atoms. The summed E-state index contributed by atoms with van der Waals surface area (Å²) in [6, 6.07) is 11.1. The first-order valence-corrected chi connectivity index (χ1v) is 9.89. The Balaban J connectivity index is 1.67. The van der Waals surface area contributed by atoms with Crippen LogP contribution >= 0.6 is 15.9 Å². The maximum atomic E-state index is 12.7. The van der Waals surface area contributed by atoms with Gasteiger partial charge in [-0.25, -0.2) is 0 Å². The van der Waals surface area contributed by atoms with E-state index in [-0.39, 0.29) is 24.8 Å². The third-order valence-corrected chi connectivity index (χ3v) is 5.50. The van der Waals surface area contributed by atoms with E-state index in [1.807, 2.05) is 24.3 Å². The highest BCUT2D eigenvalue weighted by molar-refractivity contribution is 9.10. The maximum absolute atomic E-state index is 12.7. The van der Waals surface area contributed by atoms with E-state index >= 15 is 0 Å². The zero-order valence-electron chi connectivity index (χ0n) is 16.5. The topological polar surface area (TPSA) is 77.1 Å². The summed E-state index contributed by atoms with van der Waals surface area (Å²) in [5, 5.41) is 2.91. The van der Waals surface area contributed by atoms with E-state index in [4.69, 9.17) is 14.2 Å². The highest BCUT2D eigenvalue weighted by Crippen LogP contribution is 2.38. The lowest BCUT2D eigenvalue weighted by Gasteiger charge is -2.18. The average molecular weight is 463 g/mol. The molecule has 0 spiro atoms. The minimum Gasteiger partial charge on any atom is -0.493 e. The van der Waals surface area contributed by atoms with E-state index in [0.29, 0.717) is 23.8 Å². The highest BCUT2D eigenvalue weighted by Gasteiger charge is 2.35. The molecule has 7 nitrogen and oxygen atoms in total. The van der Waals surface area contributed by atoms with Gasteiger partial charge in [0, 0.05) is 24.0 Å². The van der Waals surface area contributed by atoms with Crippen molar-refractivity contribution in [3.63, 3.8) is 0 Å². The fraction of sp³-hybridized carbons (Fsp3) is 0.333. The van der Waals surface area contributed by atoms with Crippen LogP contribution in [0.5, 0.6) is 17.2 Å². The molecule has 1 aliphatic heterocycles. The van der Waals surface area contributed by atoms with Crippen molar-refractivity contribution in [2.24, 2.45) is 5.92 Å². The van der Waals surface area contributed by atoms with Crippen molar-refractivity contribution in [3.05, 3.63) is 46.4 Å². The number of hydrogen-bond donors (Lipinski definition) is 1. The number of rotatable bonds is 7. The molecule has 1 heterocycles. The zero-order chi connectivity index (χ0) is 21.0. The van der Waals surface area contributed by atoms with Gasteiger partial charge in [0.25, 0.3) is 0 Å². The Bertz CT molecular complexity index is 893. The summed E-state index contributed by atoms with van der Waals surface area (Å²) in [7, 11) is 4.62. The lowest BCUT2D eigenvalue weighted by atomic mass is 10.1. The van der Waals surface area contributed by atoms with E-state index in [2.05, 4.69) is 21.2 Å². The number of hydrogen-bond acceptors (Lipinski definition) is 5. The Morgan fingerprint density at radius 3 is 2.38 bits per heavy atom. The first-order valence-electron chi connectivity index (χ1n) is 9.10. The zero-order valence-corrected chi connectivity index (χ0v) is 18.1. The van der Waals surface area contributed by atoms with Crippen LogP contribution in [0.15, 0.2) is 40.9 Å². The Morgan fingerprint density at radius 2 is 1.79 bits per heavy atom. The van der Waals surface area contributed by atoms with Gasteiger partial charge in [0.15, 0.2) is 11.5 Å². The van der Waals surface area contributed by atoms with Gasteiger partial charge in [0.05, 0.1) is 32.9 Å². The predicted molar refractivity (Wildman–Crippen MR) is 113 cm³/mol. The van der Waals surface area contributed by atoms with Crippen LogP contribution in [0.4, 0.5) is 5.69 Å². The highest BCUT2D eigenvalue weighted by atomic mass is 79.9. The van der Waals surface area contributed by atoms with Crippen molar-refractivity contribution in [3.8, 4) is 17.2 Å². The lowest BCUT2D eigenvalue weighted by Crippen LogP contribution is -2.32. The van der Waals surface area contributed by atoms with Gasteiger partial charge in [-0.15, -0.1) is 0 Å². The molecule has 1 atom stereocenters. The summed E-state index contributed by atoms with van der Waals surface area (Å²) in [6.45, 7) is 0.637. The third kappa shape index (κ3) is 4.48. The number of anilines is 1. The van der Waals surface area contributed by atoms with Gasteiger partial charge in [-0.3, -0.25) is 9.59 Å². The molecular formula is C21H23BrN2O5. The number of carbonyl (C=O) groups excluding carboxylic acids is 2. The molecule has 2 aromatic rings. The number of para-hydroxylation sites is 1. The summed E-state index contributed by atoms with van der Waals surface area (Å²) < 4.78 is 16.8. The number of halogens is 1. The SMILES string of the molecule is COc1cc(CNC(=O)C2CC(=O)N(c3ccccc3Br)C2)cc(OC)c1OC. The minimum atomic E-state index is -0.406. The molecule has 3 rings (SSSR count). The molecule has 0 radical (unpaired) electrons. The minimum absolute atomic E-state index is 0.0650. The molecule has 154 valence electrons. The first-order chi connectivity index (χ1) is 14.0. The predicted octanol–water partition coefficient (Wildman–Crippen LogP) is 3.14. The number of methoxy groups -OCH3 is 3. The maximum Gasteiger partial charge on any atom is 0.227 e. The van der Waals surface area contributed by atoms with Gasteiger partial charge in [-0.05, 0) is 45.8 Å². The van der Waals surface area contributed by atoms with Crippen LogP contribution in [0, 0.1) is 5.92 Å². The number of benzene rings is 2. The molecule has 1 fully saturated rings. The molecular weight excluding hydrogens is 440 g/mol. The molecule has 8 heteroatoms. The molecule has 1 saturated heterocycles. The summed E-state index contributed by atoms with van der Waals surface area (Å²) in [5.41, 5.74) is 1.58. The molecule has 0 aromatic heterocycles. The average Bonchev–Trinajstić information content (AvgIpc) is 3.12. The Kier molecular flexibility index (Phi) is 6.64. The van der Waals surface area contributed by atoms with Crippen molar-refractivity contribution in [1.29, 1.82) is 0 Å². The number of carbonyl (C=O) groups is 2. The third-order valence-electron chi connectivity index (χ3n) is 4.83. The lowest BCUT2D eigenvalue weighted by molar-refractivity contribution is -0.126. The van der Waals surface area contributed by atoms with Crippen LogP contribution in [0.25, 0.3) is 0 Å². The second-order valence-electron chi connectivity index (χ2n) is 6.61. The normalized spacial score (nSPS) is 15.9. The fourth-order valence-electron chi connectivity index (χ4n) is 3.36. The van der Waals surface area contributed by atoms with Gasteiger partial charge in [-0.2, -0.15) is 0 Å². The monoisotopic (exact) mass is 462 g/mol. The molecule has 2 amide bonds. The van der Waals surface area contributed by atoms with E-state index < -0.39 is 5.92 Å². The van der Waals surface area contributed by atoms with Crippen LogP contribution in [0.1, 0.15) is 12.0 Å². The van der Waals surface area contributed by atoms with Gasteiger partial charge in [0.2, 0.25) is 17.6 Å². The van der Waals surface area contributed by atoms with Crippen molar-refractivity contribution in [2.45, 2.75) is 13.0 Å². The van der Waals surface area contributed by atoms with Crippen molar-refractivity contribution in [1.82, 2.24) is 5.32 Å². The number of amides is 2. The second-order valence-corrected chi connectivity index (χ2v) is 7.46. The first kappa shape index (κ1) is 21.0. The molecule has 0 bridgehead atoms. The van der Waals surface area contributed by atoms with E-state index in [1.165, 1.54) is 7.11 Å². The summed E-state index contributed by atoms with van der Waals surface area (Å²) in [6.07, 6.45) is 0.183. The Hall–Kier alpha value is -2.74. The van der Waals surface area contributed by atoms with Crippen LogP contribution < -0.4 is 24.4 Å². The van der Waals surface area contributed by atoms with Crippen molar-refractivity contribution >= 4 is 33.4 Å².